The van der Waals surface area contributed by atoms with E-state index < -0.39 is 11.8 Å². The molecule has 1 amide bonds. The van der Waals surface area contributed by atoms with Crippen LogP contribution >= 0.6 is 0 Å². The topological polar surface area (TPSA) is 72.2 Å². The lowest BCUT2D eigenvalue weighted by Gasteiger charge is -2.12. The fraction of sp³-hybridized carbons (Fsp3) is 0.750. The molecular weight excluding hydrogens is 156 g/mol. The molecule has 1 saturated heterocycles. The van der Waals surface area contributed by atoms with Gasteiger partial charge in [0.1, 0.15) is 0 Å². The molecule has 3 N–H and O–H groups in total. The summed E-state index contributed by atoms with van der Waals surface area (Å²) in [7, 11) is 0. The van der Waals surface area contributed by atoms with Crippen LogP contribution in [0, 0.1) is 5.92 Å². The number of nitrogens with two attached hydrogens (primary N) is 1. The first-order valence-electron chi connectivity index (χ1n) is 4.19. The zero-order valence-electron chi connectivity index (χ0n) is 7.17. The number of Topliss-reactive ketones (excluding diaryl/α,β-unsaturated/α-hetero) is 1. The molecule has 1 heterocycles. The van der Waals surface area contributed by atoms with Gasteiger partial charge in [0.2, 0.25) is 5.91 Å². The zero-order chi connectivity index (χ0) is 9.14. The average molecular weight is 170 g/mol. The summed E-state index contributed by atoms with van der Waals surface area (Å²) in [4.78, 5) is 22.1. The highest BCUT2D eigenvalue weighted by atomic mass is 16.2. The van der Waals surface area contributed by atoms with Crippen LogP contribution in [0.2, 0.25) is 0 Å². The third kappa shape index (κ3) is 1.82. The molecule has 68 valence electrons. The van der Waals surface area contributed by atoms with E-state index in [2.05, 4.69) is 5.32 Å². The van der Waals surface area contributed by atoms with E-state index in [1.54, 1.807) is 6.92 Å². The molecule has 12 heavy (non-hydrogen) atoms. The number of nitrogens with one attached hydrogen (secondary N) is 1. The van der Waals surface area contributed by atoms with E-state index in [9.17, 15) is 9.59 Å². The summed E-state index contributed by atoms with van der Waals surface area (Å²) in [6, 6.07) is -0.146. The molecule has 0 aromatic rings. The summed E-state index contributed by atoms with van der Waals surface area (Å²) in [6.07, 6.45) is 1.83. The van der Waals surface area contributed by atoms with Gasteiger partial charge in [-0.15, -0.1) is 0 Å². The van der Waals surface area contributed by atoms with Crippen LogP contribution in [0.25, 0.3) is 0 Å². The Morgan fingerprint density at radius 2 is 2.25 bits per heavy atom. The van der Waals surface area contributed by atoms with Crippen LogP contribution in [0.4, 0.5) is 0 Å². The quantitative estimate of drug-likeness (QED) is 0.557. The standard InChI is InChI=1S/C8H14N2O2/c1-5(8(9)12)7(11)6-3-2-4-10-6/h5-6,10H,2-4H2,1H3,(H2,9,12)/t5?,6-/m0/s1. The van der Waals surface area contributed by atoms with Gasteiger partial charge in [-0.3, -0.25) is 9.59 Å². The molecule has 0 radical (unpaired) electrons. The Kier molecular flexibility index (Phi) is 2.81. The summed E-state index contributed by atoms with van der Waals surface area (Å²) < 4.78 is 0. The smallest absolute Gasteiger partial charge is 0.227 e. The number of amides is 1. The maximum atomic E-state index is 11.4. The van der Waals surface area contributed by atoms with Gasteiger partial charge in [-0.2, -0.15) is 0 Å². The second-order valence-electron chi connectivity index (χ2n) is 3.18. The van der Waals surface area contributed by atoms with Crippen molar-refractivity contribution >= 4 is 11.7 Å². The monoisotopic (exact) mass is 170 g/mol. The fourth-order valence-corrected chi connectivity index (χ4v) is 1.37. The molecule has 0 aromatic heterocycles. The Morgan fingerprint density at radius 3 is 2.67 bits per heavy atom. The Bertz CT molecular complexity index is 197. The van der Waals surface area contributed by atoms with Gasteiger partial charge < -0.3 is 11.1 Å². The summed E-state index contributed by atoms with van der Waals surface area (Å²) in [5, 5.41) is 3.03. The third-order valence-corrected chi connectivity index (χ3v) is 2.26. The first-order chi connectivity index (χ1) is 5.63. The molecule has 1 unspecified atom stereocenters. The first kappa shape index (κ1) is 9.19. The Hall–Kier alpha value is -0.900. The molecule has 1 aliphatic rings. The van der Waals surface area contributed by atoms with E-state index in [0.717, 1.165) is 19.4 Å². The highest BCUT2D eigenvalue weighted by molar-refractivity contribution is 6.02. The minimum Gasteiger partial charge on any atom is -0.369 e. The van der Waals surface area contributed by atoms with Gasteiger partial charge in [-0.1, -0.05) is 0 Å². The third-order valence-electron chi connectivity index (χ3n) is 2.26. The molecule has 0 saturated carbocycles. The van der Waals surface area contributed by atoms with Crippen LogP contribution in [0.5, 0.6) is 0 Å². The lowest BCUT2D eigenvalue weighted by molar-refractivity contribution is -0.132. The van der Waals surface area contributed by atoms with Crippen LogP contribution in [-0.2, 0) is 9.59 Å². The molecule has 1 aliphatic heterocycles. The molecular formula is C8H14N2O2. The van der Waals surface area contributed by atoms with Gasteiger partial charge in [-0.25, -0.2) is 0 Å². The van der Waals surface area contributed by atoms with Crippen molar-refractivity contribution in [1.29, 1.82) is 0 Å². The minimum absolute atomic E-state index is 0.0694. The predicted octanol–water partition coefficient (Wildman–Crippen LogP) is -0.571. The van der Waals surface area contributed by atoms with E-state index in [1.165, 1.54) is 0 Å². The lowest BCUT2D eigenvalue weighted by Crippen LogP contribution is -2.39. The summed E-state index contributed by atoms with van der Waals surface area (Å²) in [5.74, 6) is -1.26. The van der Waals surface area contributed by atoms with Crippen LogP contribution < -0.4 is 11.1 Å². The van der Waals surface area contributed by atoms with Gasteiger partial charge in [0.25, 0.3) is 0 Å². The van der Waals surface area contributed by atoms with Gasteiger partial charge in [0.05, 0.1) is 12.0 Å². The number of rotatable bonds is 3. The second kappa shape index (κ2) is 3.67. The maximum Gasteiger partial charge on any atom is 0.227 e. The second-order valence-corrected chi connectivity index (χ2v) is 3.18. The van der Waals surface area contributed by atoms with Crippen molar-refractivity contribution in [2.75, 3.05) is 6.54 Å². The first-order valence-corrected chi connectivity index (χ1v) is 4.19. The lowest BCUT2D eigenvalue weighted by atomic mass is 9.98. The van der Waals surface area contributed by atoms with Crippen molar-refractivity contribution in [3.63, 3.8) is 0 Å². The number of carbonyl (C=O) groups excluding carboxylic acids is 2. The van der Waals surface area contributed by atoms with E-state index in [4.69, 9.17) is 5.73 Å². The van der Waals surface area contributed by atoms with Crippen molar-refractivity contribution in [1.82, 2.24) is 5.32 Å². The normalized spacial score (nSPS) is 25.2. The number of hydrogen-bond donors (Lipinski definition) is 2. The van der Waals surface area contributed by atoms with Crippen molar-refractivity contribution in [3.8, 4) is 0 Å². The molecule has 1 fully saturated rings. The van der Waals surface area contributed by atoms with E-state index in [1.807, 2.05) is 0 Å². The largest absolute Gasteiger partial charge is 0.369 e. The average Bonchev–Trinajstić information content (AvgIpc) is 2.53. The summed E-state index contributed by atoms with van der Waals surface area (Å²) in [6.45, 7) is 2.42. The highest BCUT2D eigenvalue weighted by Crippen LogP contribution is 2.10. The van der Waals surface area contributed by atoms with Gasteiger partial charge in [-0.05, 0) is 26.3 Å². The Labute approximate surface area is 71.5 Å². The van der Waals surface area contributed by atoms with Crippen molar-refractivity contribution in [2.24, 2.45) is 11.7 Å². The molecule has 0 aromatic carbocycles. The molecule has 4 nitrogen and oxygen atoms in total. The number of primary amides is 1. The molecule has 1 rings (SSSR count). The predicted molar refractivity (Wildman–Crippen MR) is 44.4 cm³/mol. The van der Waals surface area contributed by atoms with E-state index >= 15 is 0 Å². The van der Waals surface area contributed by atoms with E-state index in [0.29, 0.717) is 0 Å². The van der Waals surface area contributed by atoms with E-state index in [-0.39, 0.29) is 11.8 Å². The molecule has 4 heteroatoms. The van der Waals surface area contributed by atoms with Crippen molar-refractivity contribution in [3.05, 3.63) is 0 Å². The molecule has 0 aliphatic carbocycles. The van der Waals surface area contributed by atoms with Crippen LogP contribution in [-0.4, -0.2) is 24.3 Å². The van der Waals surface area contributed by atoms with Crippen LogP contribution in [0.15, 0.2) is 0 Å². The van der Waals surface area contributed by atoms with Crippen molar-refractivity contribution in [2.45, 2.75) is 25.8 Å². The Balaban J connectivity index is 2.51. The van der Waals surface area contributed by atoms with Gasteiger partial charge in [0, 0.05) is 0 Å². The summed E-state index contributed by atoms with van der Waals surface area (Å²) in [5.41, 5.74) is 5.02. The maximum absolute atomic E-state index is 11.4. The number of hydrogen-bond acceptors (Lipinski definition) is 3. The van der Waals surface area contributed by atoms with Crippen LogP contribution in [0.1, 0.15) is 19.8 Å². The SMILES string of the molecule is CC(C(N)=O)C(=O)[C@@H]1CCCN1. The van der Waals surface area contributed by atoms with Gasteiger partial charge in [0.15, 0.2) is 5.78 Å². The molecule has 2 atom stereocenters. The van der Waals surface area contributed by atoms with Crippen LogP contribution in [0.3, 0.4) is 0 Å². The molecule has 0 spiro atoms. The van der Waals surface area contributed by atoms with Crippen molar-refractivity contribution < 1.29 is 9.59 Å². The fourth-order valence-electron chi connectivity index (χ4n) is 1.37. The minimum atomic E-state index is -0.652. The zero-order valence-corrected chi connectivity index (χ0v) is 7.17. The summed E-state index contributed by atoms with van der Waals surface area (Å²) >= 11 is 0. The number of carbonyl (C=O) groups is 2. The highest BCUT2D eigenvalue weighted by Gasteiger charge is 2.28. The Morgan fingerprint density at radius 1 is 1.58 bits per heavy atom. The number of ketones is 1. The molecule has 0 bridgehead atoms. The van der Waals surface area contributed by atoms with Gasteiger partial charge >= 0.3 is 0 Å².